The van der Waals surface area contributed by atoms with Crippen LogP contribution in [0.15, 0.2) is 34.9 Å². The van der Waals surface area contributed by atoms with E-state index < -0.39 is 76.1 Å². The quantitative estimate of drug-likeness (QED) is 0.0712. The van der Waals surface area contributed by atoms with Crippen LogP contribution in [-0.2, 0) is 14.2 Å². The van der Waals surface area contributed by atoms with E-state index in [4.69, 9.17) is 18.9 Å². The van der Waals surface area contributed by atoms with Gasteiger partial charge in [0.05, 0.1) is 35.3 Å². The van der Waals surface area contributed by atoms with Crippen molar-refractivity contribution in [2.24, 2.45) is 90.7 Å². The number of benzene rings is 2. The Morgan fingerprint density at radius 1 is 0.768 bits per heavy atom. The van der Waals surface area contributed by atoms with Crippen LogP contribution in [-0.4, -0.2) is 121 Å². The molecule has 24 atom stereocenters. The van der Waals surface area contributed by atoms with Gasteiger partial charge in [-0.1, -0.05) is 37.2 Å². The molecular formula is C80H102N2O13. The molecule has 95 heavy (non-hydrogen) atoms. The van der Waals surface area contributed by atoms with Gasteiger partial charge in [0, 0.05) is 53.5 Å². The van der Waals surface area contributed by atoms with Crippen molar-refractivity contribution < 1.29 is 64.3 Å². The van der Waals surface area contributed by atoms with Gasteiger partial charge in [0.2, 0.25) is 6.29 Å². The lowest BCUT2D eigenvalue weighted by molar-refractivity contribution is -0.370. The van der Waals surface area contributed by atoms with Gasteiger partial charge in [-0.3, -0.25) is 15.6 Å². The highest BCUT2D eigenvalue weighted by Gasteiger charge is 2.84. The predicted octanol–water partition coefficient (Wildman–Crippen LogP) is 12.1. The van der Waals surface area contributed by atoms with Gasteiger partial charge >= 0.3 is 5.97 Å². The Morgan fingerprint density at radius 3 is 2.37 bits per heavy atom. The van der Waals surface area contributed by atoms with Crippen molar-refractivity contribution in [1.29, 1.82) is 0 Å². The molecule has 20 rings (SSSR count). The van der Waals surface area contributed by atoms with Gasteiger partial charge in [0.15, 0.2) is 11.4 Å². The molecule has 12 saturated carbocycles. The first-order chi connectivity index (χ1) is 45.7. The average Bonchev–Trinajstić information content (AvgIpc) is 1.52. The van der Waals surface area contributed by atoms with Crippen LogP contribution in [0, 0.1) is 109 Å². The number of aliphatic hydroxyl groups is 4. The number of carbonyl (C=O) groups excluding carboxylic acids is 1. The van der Waals surface area contributed by atoms with Crippen molar-refractivity contribution >= 4 is 22.5 Å². The fourth-order valence-corrected chi connectivity index (χ4v) is 31.7. The largest absolute Gasteiger partial charge is 0.507 e. The first-order valence-corrected chi connectivity index (χ1v) is 38.1. The second-order valence-electron chi connectivity index (χ2n) is 36.9. The van der Waals surface area contributed by atoms with E-state index in [0.29, 0.717) is 67.5 Å². The summed E-state index contributed by atoms with van der Waals surface area (Å²) in [5.41, 5.74) is 7.26. The third-order valence-corrected chi connectivity index (χ3v) is 34.0. The predicted molar refractivity (Wildman–Crippen MR) is 352 cm³/mol. The molecule has 0 amide bonds. The molecular weight excluding hydrogens is 1200 g/mol. The first kappa shape index (κ1) is 60.8. The molecule has 10 spiro atoms. The lowest BCUT2D eigenvalue weighted by Gasteiger charge is -2.72. The number of rotatable bonds is 7. The highest BCUT2D eigenvalue weighted by molar-refractivity contribution is 6.11. The first-order valence-electron chi connectivity index (χ1n) is 38.1. The van der Waals surface area contributed by atoms with Crippen LogP contribution < -0.4 is 15.6 Å². The number of carboxylic acids is 1. The van der Waals surface area contributed by atoms with E-state index >= 15 is 0 Å². The zero-order chi connectivity index (χ0) is 64.7. The third kappa shape index (κ3) is 7.28. The van der Waals surface area contributed by atoms with Crippen LogP contribution in [0.3, 0.4) is 0 Å². The van der Waals surface area contributed by atoms with Crippen LogP contribution in [0.2, 0.25) is 0 Å². The topological polar surface area (TPSA) is 237 Å². The highest BCUT2D eigenvalue weighted by atomic mass is 16.7. The number of aromatic carboxylic acids is 1. The summed E-state index contributed by atoms with van der Waals surface area (Å²) in [4.78, 5) is 26.3. The second-order valence-corrected chi connectivity index (χ2v) is 36.9. The lowest BCUT2D eigenvalue weighted by Crippen LogP contribution is -2.82. The summed E-state index contributed by atoms with van der Waals surface area (Å²) in [6.07, 6.45) is 32.8. The monoisotopic (exact) mass is 1300 g/mol. The van der Waals surface area contributed by atoms with E-state index in [2.05, 4.69) is 28.8 Å². The summed E-state index contributed by atoms with van der Waals surface area (Å²) >= 11 is 0. The second kappa shape index (κ2) is 19.7. The number of ether oxygens (including phenoxy) is 4. The number of Topliss-reactive ketones (excluding diaryl/α,β-unsaturated/α-hetero) is 1. The zero-order valence-electron chi connectivity index (χ0n) is 56.2. The number of carbonyl (C=O) groups is 2. The molecule has 0 radical (unpaired) electrons. The number of ketones is 1. The molecule has 5 heterocycles. The molecule has 24 unspecified atom stereocenters. The number of nitrogens with one attached hydrogen (secondary N) is 2. The van der Waals surface area contributed by atoms with E-state index in [1.807, 2.05) is 0 Å². The van der Waals surface area contributed by atoms with Crippen LogP contribution >= 0.6 is 0 Å². The number of phenols is 2. The van der Waals surface area contributed by atoms with Crippen LogP contribution in [0.5, 0.6) is 17.2 Å². The van der Waals surface area contributed by atoms with Gasteiger partial charge < -0.3 is 54.7 Å². The third-order valence-electron chi connectivity index (χ3n) is 34.0. The summed E-state index contributed by atoms with van der Waals surface area (Å²) in [5, 5.41) is 86.9. The van der Waals surface area contributed by atoms with Crippen molar-refractivity contribution in [3.8, 4) is 29.1 Å². The number of aromatic hydroxyl groups is 2. The number of phenolic OH excluding ortho intramolecular Hbond substituents is 2. The molecule has 0 aromatic heterocycles. The maximum Gasteiger partial charge on any atom is 0.335 e. The summed E-state index contributed by atoms with van der Waals surface area (Å²) in [6, 6.07) is 2.62. The molecule has 2 aromatic rings. The Kier molecular flexibility index (Phi) is 12.6. The SMILES string of the molecule is CC(=O)c1c(C)c(O)c2cc(C(=O)O)cc(OC3OC4(CO)C#CCC5CCCC56CCC5(CCCC7(C5)OC4(CC4C5=C7CC=C5C5(CCO)COCC7CC89CC4(NNC8CC4(C9)CC89CCCC8CCC8CCC%10CCCC%10%11CCC4(C%11)C89)C75)C(O)C3O)C6)c2c1O. The molecule has 8 bridgehead atoms. The van der Waals surface area contributed by atoms with E-state index in [0.717, 1.165) is 87.9 Å². The van der Waals surface area contributed by atoms with E-state index in [1.165, 1.54) is 145 Å². The van der Waals surface area contributed by atoms with Crippen LogP contribution in [0.1, 0.15) is 239 Å². The molecule has 13 aliphatic carbocycles. The maximum atomic E-state index is 14.4. The Labute approximate surface area is 559 Å². The summed E-state index contributed by atoms with van der Waals surface area (Å²) in [6.45, 7) is 3.12. The van der Waals surface area contributed by atoms with Gasteiger partial charge in [0.25, 0.3) is 0 Å². The molecule has 2 aromatic carbocycles. The Hall–Kier alpha value is -4.08. The average molecular weight is 1300 g/mol. The number of hydrazine groups is 1. The standard InChI is InChI=1S/C80H102N2O13/c1-44-58(45(2)85)62(87)59-52(61(44)86)30-47(67(90)91)31-56(59)93-68-63(88)66(89)80-33-55-60-53(16-17-54(60)77(95-80)22-7-18-69(37-77)24-25-70(36-69)19-3-8-49(70)10-6-23-78(80,42-84)94-68)75(28-29-83)43-92-35-48-32-72-38-73(34-57(72)81-82-79(55,40-72)65(48)75)41-74-21-5-11-51(74)15-13-46-12-14-50-9-4-20-71(50)26-27-76(73,39-71)64(46)74/h16,30-31,46,48-51,55,57,63-66,68,81-84,86-89H,3-5,7-15,17-22,24-29,32-43H2,1-2H3,(H,90,91). The molecule has 3 saturated heterocycles. The molecule has 9 N–H and O–H groups in total. The van der Waals surface area contributed by atoms with Crippen molar-refractivity contribution in [2.75, 3.05) is 26.4 Å². The minimum absolute atomic E-state index is 0.00703. The minimum atomic E-state index is -2.09. The van der Waals surface area contributed by atoms with Gasteiger partial charge in [-0.15, -0.1) is 0 Å². The minimum Gasteiger partial charge on any atom is -0.507 e. The Bertz CT molecular complexity index is 3850. The summed E-state index contributed by atoms with van der Waals surface area (Å²) < 4.78 is 30.1. The van der Waals surface area contributed by atoms with Crippen molar-refractivity contribution in [3.63, 3.8) is 0 Å². The van der Waals surface area contributed by atoms with Crippen LogP contribution in [0.25, 0.3) is 10.8 Å². The number of fused-ring (bicyclic) bond motifs is 2. The van der Waals surface area contributed by atoms with Crippen molar-refractivity contribution in [1.82, 2.24) is 10.9 Å². The molecule has 15 heteroatoms. The fraction of sp³-hybridized carbons (Fsp3) is 0.775. The smallest absolute Gasteiger partial charge is 0.335 e. The van der Waals surface area contributed by atoms with Crippen molar-refractivity contribution in [3.05, 3.63) is 51.6 Å². The number of allylic oxidation sites excluding steroid dienone is 1. The zero-order valence-corrected chi connectivity index (χ0v) is 56.2. The van der Waals surface area contributed by atoms with E-state index in [1.54, 1.807) is 0 Å². The highest BCUT2D eigenvalue weighted by Crippen LogP contribution is 2.88. The number of carboxylic acid groups (broad SMARTS) is 1. The normalized spacial score (nSPS) is 51.8. The Morgan fingerprint density at radius 2 is 1.56 bits per heavy atom. The summed E-state index contributed by atoms with van der Waals surface area (Å²) in [5.74, 6) is 7.55. The molecule has 15 fully saturated rings. The fourth-order valence-electron chi connectivity index (χ4n) is 31.7. The number of aliphatic hydroxyl groups excluding tert-OH is 4. The maximum absolute atomic E-state index is 14.4. The summed E-state index contributed by atoms with van der Waals surface area (Å²) in [7, 11) is 0. The van der Waals surface area contributed by atoms with Gasteiger partial charge in [0.1, 0.15) is 35.1 Å². The number of hydrogen-bond donors (Lipinski definition) is 9. The van der Waals surface area contributed by atoms with Crippen LogP contribution in [0.4, 0.5) is 0 Å². The van der Waals surface area contributed by atoms with Gasteiger partial charge in [-0.05, 0) is 302 Å². The Balaban J connectivity index is 0.783. The molecule has 15 nitrogen and oxygen atoms in total. The van der Waals surface area contributed by atoms with Gasteiger partial charge in [-0.2, -0.15) is 0 Å². The molecule has 18 aliphatic rings. The van der Waals surface area contributed by atoms with Crippen molar-refractivity contribution in [2.45, 2.75) is 266 Å². The lowest BCUT2D eigenvalue weighted by atomic mass is 9.38. The van der Waals surface area contributed by atoms with E-state index in [-0.39, 0.29) is 91.7 Å². The molecule has 510 valence electrons. The van der Waals surface area contributed by atoms with Gasteiger partial charge in [-0.25, -0.2) is 4.79 Å². The molecule has 5 aliphatic heterocycles. The number of hydrogen-bond acceptors (Lipinski definition) is 14. The van der Waals surface area contributed by atoms with E-state index in [9.17, 15) is 45.3 Å².